The zero-order valence-electron chi connectivity index (χ0n) is 13.3. The molecule has 1 fully saturated rings. The Balaban J connectivity index is 2.03. The molecule has 1 saturated heterocycles. The number of hydrogen-bond donors (Lipinski definition) is 0. The molecule has 116 valence electrons. The maximum absolute atomic E-state index is 12.7. The summed E-state index contributed by atoms with van der Waals surface area (Å²) in [5.74, 6) is 0.931. The second-order valence-corrected chi connectivity index (χ2v) is 5.76. The first kappa shape index (κ1) is 15.8. The molecular weight excluding hydrogens is 264 g/mol. The normalized spacial score (nSPS) is 18.1. The highest BCUT2D eigenvalue weighted by Crippen LogP contribution is 2.20. The monoisotopic (exact) mass is 290 g/mol. The van der Waals surface area contributed by atoms with Gasteiger partial charge in [-0.1, -0.05) is 25.1 Å². The van der Waals surface area contributed by atoms with Gasteiger partial charge in [-0.2, -0.15) is 0 Å². The third-order valence-corrected chi connectivity index (χ3v) is 4.04. The fourth-order valence-electron chi connectivity index (χ4n) is 2.62. The van der Waals surface area contributed by atoms with Gasteiger partial charge in [0.05, 0.1) is 0 Å². The number of likely N-dealkylation sites (N-methyl/N-ethyl adjacent to an activating group) is 1. The Bertz CT molecular complexity index is 476. The molecule has 1 heterocycles. The first-order chi connectivity index (χ1) is 10.1. The summed E-state index contributed by atoms with van der Waals surface area (Å²) in [6.07, 6.45) is 1.34. The Kier molecular flexibility index (Phi) is 5.62. The van der Waals surface area contributed by atoms with Crippen molar-refractivity contribution >= 4 is 5.91 Å². The third kappa shape index (κ3) is 4.21. The van der Waals surface area contributed by atoms with Gasteiger partial charge in [-0.25, -0.2) is 0 Å². The molecule has 0 radical (unpaired) electrons. The largest absolute Gasteiger partial charge is 0.480 e. The van der Waals surface area contributed by atoms with Gasteiger partial charge in [0.2, 0.25) is 0 Å². The lowest BCUT2D eigenvalue weighted by Gasteiger charge is -2.26. The quantitative estimate of drug-likeness (QED) is 0.853. The Morgan fingerprint density at radius 2 is 2.00 bits per heavy atom. The van der Waals surface area contributed by atoms with E-state index in [1.165, 1.54) is 0 Å². The summed E-state index contributed by atoms with van der Waals surface area (Å²) in [4.78, 5) is 16.9. The topological polar surface area (TPSA) is 32.8 Å². The van der Waals surface area contributed by atoms with Gasteiger partial charge in [-0.15, -0.1) is 0 Å². The number of carbonyl (C=O) groups is 1. The predicted molar refractivity (Wildman–Crippen MR) is 84.6 cm³/mol. The smallest absolute Gasteiger partial charge is 0.263 e. The minimum absolute atomic E-state index is 0.121. The number of para-hydroxylation sites is 1. The number of ether oxygens (including phenoxy) is 1. The molecule has 1 aromatic carbocycles. The number of carbonyl (C=O) groups excluding carboxylic acids is 1. The molecule has 1 amide bonds. The number of rotatable bonds is 4. The molecule has 0 bridgehead atoms. The number of hydrogen-bond acceptors (Lipinski definition) is 3. The first-order valence-corrected chi connectivity index (χ1v) is 7.81. The molecule has 1 aromatic rings. The van der Waals surface area contributed by atoms with Crippen LogP contribution in [0.2, 0.25) is 0 Å². The first-order valence-electron chi connectivity index (χ1n) is 7.81. The number of benzene rings is 1. The summed E-state index contributed by atoms with van der Waals surface area (Å²) < 4.78 is 5.97. The lowest BCUT2D eigenvalue weighted by molar-refractivity contribution is -0.138. The van der Waals surface area contributed by atoms with Crippen LogP contribution in [0.15, 0.2) is 24.3 Å². The third-order valence-electron chi connectivity index (χ3n) is 4.04. The molecule has 4 heteroatoms. The van der Waals surface area contributed by atoms with E-state index in [4.69, 9.17) is 4.74 Å². The van der Waals surface area contributed by atoms with E-state index in [2.05, 4.69) is 11.9 Å². The van der Waals surface area contributed by atoms with Crippen molar-refractivity contribution in [1.29, 1.82) is 0 Å². The van der Waals surface area contributed by atoms with Crippen LogP contribution >= 0.6 is 0 Å². The van der Waals surface area contributed by atoms with Crippen LogP contribution in [0.1, 0.15) is 25.3 Å². The van der Waals surface area contributed by atoms with Gasteiger partial charge in [0, 0.05) is 19.6 Å². The molecule has 0 saturated carbocycles. The van der Waals surface area contributed by atoms with Gasteiger partial charge in [0.15, 0.2) is 6.10 Å². The van der Waals surface area contributed by atoms with Gasteiger partial charge >= 0.3 is 0 Å². The van der Waals surface area contributed by atoms with Crippen molar-refractivity contribution < 1.29 is 9.53 Å². The van der Waals surface area contributed by atoms with Crippen molar-refractivity contribution in [2.24, 2.45) is 0 Å². The number of nitrogens with zero attached hydrogens (tertiary/aromatic N) is 2. The van der Waals surface area contributed by atoms with Crippen LogP contribution in [0.5, 0.6) is 5.75 Å². The average molecular weight is 290 g/mol. The molecular formula is C17H26N2O2. The van der Waals surface area contributed by atoms with Crippen molar-refractivity contribution in [1.82, 2.24) is 9.80 Å². The van der Waals surface area contributed by atoms with Gasteiger partial charge in [0.25, 0.3) is 5.91 Å². The van der Waals surface area contributed by atoms with Crippen LogP contribution in [0.25, 0.3) is 0 Å². The van der Waals surface area contributed by atoms with Crippen LogP contribution in [-0.4, -0.2) is 55.0 Å². The molecule has 0 aliphatic carbocycles. The van der Waals surface area contributed by atoms with Crippen LogP contribution in [0, 0.1) is 6.92 Å². The summed E-state index contributed by atoms with van der Waals surface area (Å²) >= 11 is 0. The Morgan fingerprint density at radius 3 is 2.71 bits per heavy atom. The highest BCUT2D eigenvalue weighted by molar-refractivity contribution is 5.81. The number of aryl methyl sites for hydroxylation is 1. The van der Waals surface area contributed by atoms with E-state index in [0.29, 0.717) is 6.42 Å². The standard InChI is InChI=1S/C17H26N2O2/c1-4-15(21-16-9-6-5-8-14(16)2)17(20)19-11-7-10-18(3)12-13-19/h5-6,8-9,15H,4,7,10-13H2,1-3H3/t15-/m0/s1. The van der Waals surface area contributed by atoms with Crippen molar-refractivity contribution in [3.05, 3.63) is 29.8 Å². The van der Waals surface area contributed by atoms with Gasteiger partial charge in [-0.3, -0.25) is 4.79 Å². The molecule has 0 unspecified atom stereocenters. The Morgan fingerprint density at radius 1 is 1.24 bits per heavy atom. The highest BCUT2D eigenvalue weighted by atomic mass is 16.5. The fourth-order valence-corrected chi connectivity index (χ4v) is 2.62. The molecule has 2 rings (SSSR count). The molecule has 4 nitrogen and oxygen atoms in total. The van der Waals surface area contributed by atoms with E-state index in [1.807, 2.05) is 43.0 Å². The van der Waals surface area contributed by atoms with E-state index in [-0.39, 0.29) is 12.0 Å². The molecule has 0 aromatic heterocycles. The number of amides is 1. The molecule has 0 N–H and O–H groups in total. The molecule has 21 heavy (non-hydrogen) atoms. The zero-order valence-corrected chi connectivity index (χ0v) is 13.3. The van der Waals surface area contributed by atoms with E-state index in [1.54, 1.807) is 0 Å². The lowest BCUT2D eigenvalue weighted by atomic mass is 10.2. The van der Waals surface area contributed by atoms with Gasteiger partial charge in [0.1, 0.15) is 5.75 Å². The van der Waals surface area contributed by atoms with E-state index in [0.717, 1.165) is 43.9 Å². The van der Waals surface area contributed by atoms with Crippen molar-refractivity contribution in [2.75, 3.05) is 33.2 Å². The minimum atomic E-state index is -0.380. The maximum atomic E-state index is 12.7. The second kappa shape index (κ2) is 7.46. The van der Waals surface area contributed by atoms with Crippen LogP contribution < -0.4 is 4.74 Å². The molecule has 1 aliphatic heterocycles. The maximum Gasteiger partial charge on any atom is 0.263 e. The zero-order chi connectivity index (χ0) is 15.2. The highest BCUT2D eigenvalue weighted by Gasteiger charge is 2.26. The summed E-state index contributed by atoms with van der Waals surface area (Å²) in [7, 11) is 2.11. The molecule has 1 aliphatic rings. The summed E-state index contributed by atoms with van der Waals surface area (Å²) in [5, 5.41) is 0. The minimum Gasteiger partial charge on any atom is -0.480 e. The second-order valence-electron chi connectivity index (χ2n) is 5.76. The van der Waals surface area contributed by atoms with E-state index in [9.17, 15) is 4.79 Å². The van der Waals surface area contributed by atoms with Gasteiger partial charge in [-0.05, 0) is 45.0 Å². The molecule has 0 spiro atoms. The van der Waals surface area contributed by atoms with Crippen LogP contribution in [-0.2, 0) is 4.79 Å². The summed E-state index contributed by atoms with van der Waals surface area (Å²) in [6.45, 7) is 7.63. The fraction of sp³-hybridized carbons (Fsp3) is 0.588. The summed E-state index contributed by atoms with van der Waals surface area (Å²) in [6, 6.07) is 7.87. The Hall–Kier alpha value is -1.55. The van der Waals surface area contributed by atoms with E-state index >= 15 is 0 Å². The molecule has 1 atom stereocenters. The average Bonchev–Trinajstić information content (AvgIpc) is 2.70. The van der Waals surface area contributed by atoms with Crippen molar-refractivity contribution in [2.45, 2.75) is 32.8 Å². The lowest BCUT2D eigenvalue weighted by Crippen LogP contribution is -2.43. The van der Waals surface area contributed by atoms with E-state index < -0.39 is 0 Å². The Labute approximate surface area is 127 Å². The van der Waals surface area contributed by atoms with Crippen molar-refractivity contribution in [3.8, 4) is 5.75 Å². The summed E-state index contributed by atoms with van der Waals surface area (Å²) in [5.41, 5.74) is 1.07. The SMILES string of the molecule is CC[C@H](Oc1ccccc1C)C(=O)N1CCCN(C)CC1. The van der Waals surface area contributed by atoms with Crippen molar-refractivity contribution in [3.63, 3.8) is 0 Å². The van der Waals surface area contributed by atoms with Gasteiger partial charge < -0.3 is 14.5 Å². The van der Waals surface area contributed by atoms with Crippen LogP contribution in [0.3, 0.4) is 0 Å². The predicted octanol–water partition coefficient (Wildman–Crippen LogP) is 2.32. The van der Waals surface area contributed by atoms with Crippen LogP contribution in [0.4, 0.5) is 0 Å².